The van der Waals surface area contributed by atoms with E-state index in [0.29, 0.717) is 5.92 Å². The molecule has 0 unspecified atom stereocenters. The van der Waals surface area contributed by atoms with Crippen molar-refractivity contribution in [2.75, 3.05) is 0 Å². The lowest BCUT2D eigenvalue weighted by molar-refractivity contribution is -0.256. The van der Waals surface area contributed by atoms with E-state index in [4.69, 9.17) is 4.74 Å². The Kier molecular flexibility index (Phi) is 8.50. The highest BCUT2D eigenvalue weighted by atomic mass is 19.3. The molecule has 3 heteroatoms. The minimum Gasteiger partial charge on any atom is -0.316 e. The van der Waals surface area contributed by atoms with Gasteiger partial charge in [-0.25, -0.2) is 0 Å². The first-order valence-electron chi connectivity index (χ1n) is 9.84. The SMILES string of the molecule is C=CCCc1ccc(COC(F)(F)CC2CCC(CCC=C)CC2)cc1. The van der Waals surface area contributed by atoms with Crippen LogP contribution in [0.25, 0.3) is 0 Å². The number of rotatable bonds is 11. The summed E-state index contributed by atoms with van der Waals surface area (Å²) in [6.07, 6.45) is 8.54. The van der Waals surface area contributed by atoms with Crippen molar-refractivity contribution in [2.24, 2.45) is 11.8 Å². The average Bonchev–Trinajstić information content (AvgIpc) is 2.65. The number of ether oxygens (including phenoxy) is 1. The summed E-state index contributed by atoms with van der Waals surface area (Å²) in [5.74, 6) is 0.754. The maximum absolute atomic E-state index is 14.2. The molecule has 2 rings (SSSR count). The van der Waals surface area contributed by atoms with E-state index in [0.717, 1.165) is 56.9 Å². The molecule has 0 aromatic heterocycles. The van der Waals surface area contributed by atoms with E-state index in [2.05, 4.69) is 13.2 Å². The predicted molar refractivity (Wildman–Crippen MR) is 104 cm³/mol. The molecule has 1 aliphatic carbocycles. The average molecular weight is 363 g/mol. The molecule has 0 spiro atoms. The molecule has 144 valence electrons. The van der Waals surface area contributed by atoms with Crippen molar-refractivity contribution in [1.82, 2.24) is 0 Å². The van der Waals surface area contributed by atoms with E-state index in [1.807, 2.05) is 36.4 Å². The van der Waals surface area contributed by atoms with Gasteiger partial charge in [0.2, 0.25) is 0 Å². The lowest BCUT2D eigenvalue weighted by Gasteiger charge is -2.30. The van der Waals surface area contributed by atoms with Crippen LogP contribution < -0.4 is 0 Å². The Balaban J connectivity index is 1.73. The molecular formula is C23H32F2O. The van der Waals surface area contributed by atoms with Gasteiger partial charge in [0, 0.05) is 6.42 Å². The minimum absolute atomic E-state index is 0.0383. The van der Waals surface area contributed by atoms with Crippen LogP contribution in [0.3, 0.4) is 0 Å². The van der Waals surface area contributed by atoms with E-state index >= 15 is 0 Å². The van der Waals surface area contributed by atoms with Crippen molar-refractivity contribution in [1.29, 1.82) is 0 Å². The zero-order valence-electron chi connectivity index (χ0n) is 15.8. The van der Waals surface area contributed by atoms with Crippen LogP contribution in [-0.4, -0.2) is 6.11 Å². The molecule has 1 fully saturated rings. The summed E-state index contributed by atoms with van der Waals surface area (Å²) in [6.45, 7) is 7.42. The van der Waals surface area contributed by atoms with Gasteiger partial charge in [0.15, 0.2) is 0 Å². The Labute approximate surface area is 157 Å². The maximum Gasteiger partial charge on any atom is 0.356 e. The number of aryl methyl sites for hydroxylation is 1. The first-order chi connectivity index (χ1) is 12.5. The number of halogens is 2. The second kappa shape index (κ2) is 10.6. The molecule has 0 aliphatic heterocycles. The summed E-state index contributed by atoms with van der Waals surface area (Å²) in [7, 11) is 0. The van der Waals surface area contributed by atoms with Crippen molar-refractivity contribution in [3.63, 3.8) is 0 Å². The molecule has 0 atom stereocenters. The largest absolute Gasteiger partial charge is 0.356 e. The van der Waals surface area contributed by atoms with Gasteiger partial charge in [-0.05, 0) is 61.5 Å². The molecule has 1 aliphatic rings. The van der Waals surface area contributed by atoms with Gasteiger partial charge < -0.3 is 4.74 Å². The lowest BCUT2D eigenvalue weighted by atomic mass is 9.78. The van der Waals surface area contributed by atoms with Crippen LogP contribution >= 0.6 is 0 Å². The zero-order valence-corrected chi connectivity index (χ0v) is 15.8. The molecule has 0 saturated heterocycles. The Morgan fingerprint density at radius 1 is 0.923 bits per heavy atom. The second-order valence-electron chi connectivity index (χ2n) is 7.53. The van der Waals surface area contributed by atoms with Gasteiger partial charge in [-0.3, -0.25) is 0 Å². The molecule has 1 aromatic carbocycles. The van der Waals surface area contributed by atoms with Gasteiger partial charge in [0.05, 0.1) is 6.61 Å². The standard InChI is InChI=1S/C23H32F2O/c1-3-5-7-19-9-13-21(14-10-19)17-23(24,25)26-18-22-15-11-20(12-16-22)8-6-4-2/h3-4,11-12,15-16,19,21H,1-2,5-10,13-14,17-18H2. The first-order valence-corrected chi connectivity index (χ1v) is 9.84. The smallest absolute Gasteiger partial charge is 0.316 e. The second-order valence-corrected chi connectivity index (χ2v) is 7.53. The number of allylic oxidation sites excluding steroid dienone is 2. The van der Waals surface area contributed by atoms with Gasteiger partial charge in [-0.2, -0.15) is 8.78 Å². The Bertz CT molecular complexity index is 542. The summed E-state index contributed by atoms with van der Waals surface area (Å²) in [5.41, 5.74) is 1.98. The minimum atomic E-state index is -3.04. The molecular weight excluding hydrogens is 330 g/mol. The number of hydrogen-bond acceptors (Lipinski definition) is 1. The van der Waals surface area contributed by atoms with Crippen molar-refractivity contribution >= 4 is 0 Å². The number of hydrogen-bond donors (Lipinski definition) is 0. The molecule has 0 bridgehead atoms. The van der Waals surface area contributed by atoms with Crippen LogP contribution in [-0.2, 0) is 17.8 Å². The van der Waals surface area contributed by atoms with Gasteiger partial charge in [-0.1, -0.05) is 49.3 Å². The van der Waals surface area contributed by atoms with Gasteiger partial charge in [-0.15, -0.1) is 13.2 Å². The lowest BCUT2D eigenvalue weighted by Crippen LogP contribution is -2.27. The highest BCUT2D eigenvalue weighted by Gasteiger charge is 2.35. The van der Waals surface area contributed by atoms with Gasteiger partial charge in [0.1, 0.15) is 0 Å². The molecule has 0 radical (unpaired) electrons. The topological polar surface area (TPSA) is 9.23 Å². The fourth-order valence-electron chi connectivity index (χ4n) is 3.73. The molecule has 0 heterocycles. The quantitative estimate of drug-likeness (QED) is 0.382. The van der Waals surface area contributed by atoms with Crippen LogP contribution in [0, 0.1) is 11.8 Å². The van der Waals surface area contributed by atoms with Crippen LogP contribution in [0.1, 0.15) is 62.5 Å². The molecule has 0 N–H and O–H groups in total. The third-order valence-electron chi connectivity index (χ3n) is 5.38. The van der Waals surface area contributed by atoms with E-state index in [-0.39, 0.29) is 18.9 Å². The zero-order chi connectivity index (χ0) is 18.8. The van der Waals surface area contributed by atoms with Crippen molar-refractivity contribution in [2.45, 2.75) is 70.5 Å². The first kappa shape index (κ1) is 20.8. The van der Waals surface area contributed by atoms with Crippen LogP contribution in [0.15, 0.2) is 49.6 Å². The highest BCUT2D eigenvalue weighted by Crippen LogP contribution is 2.38. The summed E-state index contributed by atoms with van der Waals surface area (Å²) in [6, 6.07) is 7.70. The summed E-state index contributed by atoms with van der Waals surface area (Å²) in [4.78, 5) is 0. The fourth-order valence-corrected chi connectivity index (χ4v) is 3.73. The van der Waals surface area contributed by atoms with E-state index < -0.39 is 6.11 Å². The van der Waals surface area contributed by atoms with E-state index in [1.54, 1.807) is 0 Å². The van der Waals surface area contributed by atoms with Gasteiger partial charge in [0.25, 0.3) is 0 Å². The molecule has 0 amide bonds. The monoisotopic (exact) mass is 362 g/mol. The summed E-state index contributed by atoms with van der Waals surface area (Å²) in [5, 5.41) is 0. The molecule has 1 saturated carbocycles. The number of benzene rings is 1. The van der Waals surface area contributed by atoms with Crippen molar-refractivity contribution in [3.05, 3.63) is 60.7 Å². The van der Waals surface area contributed by atoms with Crippen LogP contribution in [0.4, 0.5) is 8.78 Å². The van der Waals surface area contributed by atoms with Crippen LogP contribution in [0.2, 0.25) is 0 Å². The maximum atomic E-state index is 14.2. The van der Waals surface area contributed by atoms with Crippen molar-refractivity contribution < 1.29 is 13.5 Å². The molecule has 1 nitrogen and oxygen atoms in total. The van der Waals surface area contributed by atoms with Crippen LogP contribution in [0.5, 0.6) is 0 Å². The third kappa shape index (κ3) is 7.41. The molecule has 26 heavy (non-hydrogen) atoms. The third-order valence-corrected chi connectivity index (χ3v) is 5.38. The predicted octanol–water partition coefficient (Wildman–Crippen LogP) is 7.08. The normalized spacial score (nSPS) is 20.7. The Hall–Kier alpha value is -1.48. The van der Waals surface area contributed by atoms with Gasteiger partial charge >= 0.3 is 6.11 Å². The Morgan fingerprint density at radius 3 is 2.12 bits per heavy atom. The van der Waals surface area contributed by atoms with E-state index in [1.165, 1.54) is 5.56 Å². The van der Waals surface area contributed by atoms with Crippen molar-refractivity contribution in [3.8, 4) is 0 Å². The Morgan fingerprint density at radius 2 is 1.50 bits per heavy atom. The fraction of sp³-hybridized carbons (Fsp3) is 0.565. The molecule has 1 aromatic rings. The number of alkyl halides is 2. The summed E-state index contributed by atoms with van der Waals surface area (Å²) < 4.78 is 33.4. The summed E-state index contributed by atoms with van der Waals surface area (Å²) >= 11 is 0. The highest BCUT2D eigenvalue weighted by molar-refractivity contribution is 5.22. The van der Waals surface area contributed by atoms with E-state index in [9.17, 15) is 8.78 Å².